The summed E-state index contributed by atoms with van der Waals surface area (Å²) in [6.45, 7) is 9.93. The molecule has 3 heteroatoms. The van der Waals surface area contributed by atoms with Gasteiger partial charge in [0, 0.05) is 19.6 Å². The van der Waals surface area contributed by atoms with Crippen LogP contribution in [-0.4, -0.2) is 30.5 Å². The van der Waals surface area contributed by atoms with E-state index in [0.717, 1.165) is 37.0 Å². The smallest absolute Gasteiger partial charge is 0.310 e. The highest BCUT2D eigenvalue weighted by Gasteiger charge is 2.25. The Kier molecular flexibility index (Phi) is 5.80. The van der Waals surface area contributed by atoms with Crippen molar-refractivity contribution in [2.24, 2.45) is 17.8 Å². The maximum absolute atomic E-state index is 12.1. The second kappa shape index (κ2) is 7.60. The summed E-state index contributed by atoms with van der Waals surface area (Å²) in [5.74, 6) is 1.29. The van der Waals surface area contributed by atoms with E-state index in [2.05, 4.69) is 18.7 Å². The Hall–Kier alpha value is -1.35. The van der Waals surface area contributed by atoms with E-state index in [0.29, 0.717) is 6.61 Å². The van der Waals surface area contributed by atoms with E-state index in [-0.39, 0.29) is 11.9 Å². The predicted molar refractivity (Wildman–Crippen MR) is 84.8 cm³/mol. The molecule has 1 aromatic carbocycles. The van der Waals surface area contributed by atoms with Gasteiger partial charge < -0.3 is 9.64 Å². The Bertz CT molecular complexity index is 436. The first-order chi connectivity index (χ1) is 10.0. The number of ether oxygens (including phenoxy) is 1. The zero-order valence-corrected chi connectivity index (χ0v) is 13.4. The van der Waals surface area contributed by atoms with E-state index in [4.69, 9.17) is 4.74 Å². The lowest BCUT2D eigenvalue weighted by molar-refractivity contribution is -0.150. The van der Waals surface area contributed by atoms with Gasteiger partial charge in [-0.3, -0.25) is 4.79 Å². The van der Waals surface area contributed by atoms with E-state index in [1.54, 1.807) is 0 Å². The number of esters is 1. The molecule has 1 aliphatic heterocycles. The fourth-order valence-corrected chi connectivity index (χ4v) is 3.27. The number of rotatable bonds is 5. The molecule has 1 aromatic rings. The summed E-state index contributed by atoms with van der Waals surface area (Å²) in [7, 11) is 0. The SMILES string of the molecule is CC1CC(C)CN(CC(C)C(=O)OCc2ccccc2)C1. The summed E-state index contributed by atoms with van der Waals surface area (Å²) in [6, 6.07) is 9.84. The number of nitrogens with zero attached hydrogens (tertiary/aromatic N) is 1. The zero-order chi connectivity index (χ0) is 15.2. The van der Waals surface area contributed by atoms with E-state index in [1.165, 1.54) is 6.42 Å². The topological polar surface area (TPSA) is 29.5 Å². The molecular formula is C18H27NO2. The molecule has 1 heterocycles. The Morgan fingerprint density at radius 2 is 1.86 bits per heavy atom. The van der Waals surface area contributed by atoms with Crippen LogP contribution in [0.15, 0.2) is 30.3 Å². The molecule has 0 N–H and O–H groups in total. The van der Waals surface area contributed by atoms with Crippen LogP contribution in [0, 0.1) is 17.8 Å². The zero-order valence-electron chi connectivity index (χ0n) is 13.4. The first-order valence-electron chi connectivity index (χ1n) is 7.97. The van der Waals surface area contributed by atoms with Crippen LogP contribution in [0.3, 0.4) is 0 Å². The molecular weight excluding hydrogens is 262 g/mol. The van der Waals surface area contributed by atoms with E-state index < -0.39 is 0 Å². The van der Waals surface area contributed by atoms with Gasteiger partial charge in [0.15, 0.2) is 0 Å². The van der Waals surface area contributed by atoms with Crippen molar-refractivity contribution in [2.75, 3.05) is 19.6 Å². The van der Waals surface area contributed by atoms with Crippen LogP contribution in [0.5, 0.6) is 0 Å². The Morgan fingerprint density at radius 3 is 2.48 bits per heavy atom. The van der Waals surface area contributed by atoms with Gasteiger partial charge in [-0.15, -0.1) is 0 Å². The lowest BCUT2D eigenvalue weighted by Gasteiger charge is -2.35. The first-order valence-corrected chi connectivity index (χ1v) is 7.97. The average Bonchev–Trinajstić information content (AvgIpc) is 2.44. The van der Waals surface area contributed by atoms with Crippen LogP contribution in [0.25, 0.3) is 0 Å². The molecule has 1 aliphatic rings. The van der Waals surface area contributed by atoms with Crippen molar-refractivity contribution in [3.63, 3.8) is 0 Å². The third-order valence-corrected chi connectivity index (χ3v) is 4.10. The number of hydrogen-bond acceptors (Lipinski definition) is 3. The summed E-state index contributed by atoms with van der Waals surface area (Å²) >= 11 is 0. The van der Waals surface area contributed by atoms with Gasteiger partial charge in [0.05, 0.1) is 5.92 Å². The van der Waals surface area contributed by atoms with Crippen molar-refractivity contribution >= 4 is 5.97 Å². The lowest BCUT2D eigenvalue weighted by atomic mass is 9.91. The average molecular weight is 289 g/mol. The molecule has 0 bridgehead atoms. The molecule has 21 heavy (non-hydrogen) atoms. The molecule has 3 nitrogen and oxygen atoms in total. The summed E-state index contributed by atoms with van der Waals surface area (Å²) in [5.41, 5.74) is 1.04. The van der Waals surface area contributed by atoms with Gasteiger partial charge >= 0.3 is 5.97 Å². The van der Waals surface area contributed by atoms with E-state index >= 15 is 0 Å². The monoisotopic (exact) mass is 289 g/mol. The third-order valence-electron chi connectivity index (χ3n) is 4.10. The Labute approximate surface area is 128 Å². The minimum absolute atomic E-state index is 0.0637. The fraction of sp³-hybridized carbons (Fsp3) is 0.611. The first kappa shape index (κ1) is 16.0. The predicted octanol–water partition coefficient (Wildman–Crippen LogP) is 3.34. The van der Waals surface area contributed by atoms with Gasteiger partial charge in [-0.1, -0.05) is 51.1 Å². The molecule has 0 saturated carbocycles. The van der Waals surface area contributed by atoms with E-state index in [9.17, 15) is 4.79 Å². The highest BCUT2D eigenvalue weighted by Crippen LogP contribution is 2.21. The highest BCUT2D eigenvalue weighted by molar-refractivity contribution is 5.72. The molecule has 0 radical (unpaired) electrons. The molecule has 0 spiro atoms. The van der Waals surface area contributed by atoms with Crippen LogP contribution < -0.4 is 0 Å². The number of carbonyl (C=O) groups excluding carboxylic acids is 1. The standard InChI is InChI=1S/C18H27NO2/c1-14-9-15(2)11-19(10-14)12-16(3)18(20)21-13-17-7-5-4-6-8-17/h4-8,14-16H,9-13H2,1-3H3. The molecule has 2 rings (SSSR count). The summed E-state index contributed by atoms with van der Waals surface area (Å²) in [6.07, 6.45) is 1.29. The maximum Gasteiger partial charge on any atom is 0.310 e. The molecule has 3 unspecified atom stereocenters. The second-order valence-electron chi connectivity index (χ2n) is 6.66. The van der Waals surface area contributed by atoms with Gasteiger partial charge in [0.1, 0.15) is 6.61 Å². The number of piperidine rings is 1. The van der Waals surface area contributed by atoms with Crippen molar-refractivity contribution in [1.82, 2.24) is 4.90 Å². The van der Waals surface area contributed by atoms with Gasteiger partial charge in [0.25, 0.3) is 0 Å². The van der Waals surface area contributed by atoms with Crippen molar-refractivity contribution in [2.45, 2.75) is 33.8 Å². The molecule has 0 amide bonds. The highest BCUT2D eigenvalue weighted by atomic mass is 16.5. The summed E-state index contributed by atoms with van der Waals surface area (Å²) in [4.78, 5) is 14.5. The van der Waals surface area contributed by atoms with Crippen LogP contribution in [0.2, 0.25) is 0 Å². The Morgan fingerprint density at radius 1 is 1.24 bits per heavy atom. The third kappa shape index (κ3) is 5.16. The van der Waals surface area contributed by atoms with Gasteiger partial charge in [-0.25, -0.2) is 0 Å². The van der Waals surface area contributed by atoms with Crippen LogP contribution in [0.1, 0.15) is 32.8 Å². The van der Waals surface area contributed by atoms with Gasteiger partial charge in [-0.2, -0.15) is 0 Å². The Balaban J connectivity index is 1.77. The van der Waals surface area contributed by atoms with Crippen molar-refractivity contribution in [3.05, 3.63) is 35.9 Å². The van der Waals surface area contributed by atoms with Gasteiger partial charge in [0.2, 0.25) is 0 Å². The van der Waals surface area contributed by atoms with Crippen LogP contribution >= 0.6 is 0 Å². The number of carbonyl (C=O) groups is 1. The van der Waals surface area contributed by atoms with Gasteiger partial charge in [-0.05, 0) is 23.8 Å². The summed E-state index contributed by atoms with van der Waals surface area (Å²) in [5, 5.41) is 0. The number of likely N-dealkylation sites (tertiary alicyclic amines) is 1. The quantitative estimate of drug-likeness (QED) is 0.779. The second-order valence-corrected chi connectivity index (χ2v) is 6.66. The lowest BCUT2D eigenvalue weighted by Crippen LogP contribution is -2.42. The number of hydrogen-bond donors (Lipinski definition) is 0. The minimum atomic E-state index is -0.0928. The molecule has 0 aliphatic carbocycles. The molecule has 3 atom stereocenters. The van der Waals surface area contributed by atoms with E-state index in [1.807, 2.05) is 37.3 Å². The largest absolute Gasteiger partial charge is 0.461 e. The van der Waals surface area contributed by atoms with Crippen LogP contribution in [-0.2, 0) is 16.1 Å². The number of benzene rings is 1. The van der Waals surface area contributed by atoms with Crippen molar-refractivity contribution in [3.8, 4) is 0 Å². The molecule has 1 fully saturated rings. The molecule has 0 aromatic heterocycles. The van der Waals surface area contributed by atoms with Crippen LogP contribution in [0.4, 0.5) is 0 Å². The molecule has 1 saturated heterocycles. The maximum atomic E-state index is 12.1. The molecule has 116 valence electrons. The fourth-order valence-electron chi connectivity index (χ4n) is 3.27. The summed E-state index contributed by atoms with van der Waals surface area (Å²) < 4.78 is 5.42. The van der Waals surface area contributed by atoms with Crippen molar-refractivity contribution < 1.29 is 9.53 Å². The van der Waals surface area contributed by atoms with Crippen molar-refractivity contribution in [1.29, 1.82) is 0 Å². The normalized spacial score (nSPS) is 24.5. The minimum Gasteiger partial charge on any atom is -0.461 e.